The quantitative estimate of drug-likeness (QED) is 0.620. The van der Waals surface area contributed by atoms with Crippen molar-refractivity contribution in [3.05, 3.63) is 65.2 Å². The summed E-state index contributed by atoms with van der Waals surface area (Å²) in [5.74, 6) is 0.437. The van der Waals surface area contributed by atoms with Gasteiger partial charge in [0.2, 0.25) is 11.8 Å². The Balaban J connectivity index is 1.18. The predicted molar refractivity (Wildman–Crippen MR) is 115 cm³/mol. The Morgan fingerprint density at radius 2 is 1.84 bits per heavy atom. The Hall–Kier alpha value is -2.94. The van der Waals surface area contributed by atoms with Crippen LogP contribution in [-0.2, 0) is 27.3 Å². The summed E-state index contributed by atoms with van der Waals surface area (Å²) in [4.78, 5) is 26.4. The lowest BCUT2D eigenvalue weighted by molar-refractivity contribution is -0.139. The Bertz CT molecular complexity index is 935. The molecule has 2 heterocycles. The van der Waals surface area contributed by atoms with E-state index in [1.807, 2.05) is 42.5 Å². The van der Waals surface area contributed by atoms with Crippen molar-refractivity contribution in [3.63, 3.8) is 0 Å². The lowest BCUT2D eigenvalue weighted by atomic mass is 10.00. The number of rotatable bonds is 7. The summed E-state index contributed by atoms with van der Waals surface area (Å²) in [6, 6.07) is 16.0. The summed E-state index contributed by atoms with van der Waals surface area (Å²) in [5, 5.41) is 2.88. The molecule has 1 saturated heterocycles. The summed E-state index contributed by atoms with van der Waals surface area (Å²) in [5.41, 5.74) is 9.75. The van der Waals surface area contributed by atoms with Crippen LogP contribution in [0, 0.1) is 0 Å². The SMILES string of the molecule is COc1ccccc1C1CC(NC(=O)COCC(=O)N2CCc3ccccc3C2)NN1. The van der Waals surface area contributed by atoms with Crippen molar-refractivity contribution < 1.29 is 19.1 Å². The highest BCUT2D eigenvalue weighted by molar-refractivity contribution is 5.80. The van der Waals surface area contributed by atoms with Gasteiger partial charge in [0.05, 0.1) is 19.3 Å². The number of benzene rings is 2. The van der Waals surface area contributed by atoms with Crippen LogP contribution in [0.3, 0.4) is 0 Å². The number of carbonyl (C=O) groups excluding carboxylic acids is 2. The predicted octanol–water partition coefficient (Wildman–Crippen LogP) is 1.28. The number of methoxy groups -OCH3 is 1. The van der Waals surface area contributed by atoms with Crippen molar-refractivity contribution in [3.8, 4) is 5.75 Å². The summed E-state index contributed by atoms with van der Waals surface area (Å²) in [7, 11) is 1.64. The zero-order chi connectivity index (χ0) is 21.6. The molecule has 0 aromatic heterocycles. The summed E-state index contributed by atoms with van der Waals surface area (Å²) in [6.07, 6.45) is 1.27. The van der Waals surface area contributed by atoms with Crippen LogP contribution in [0.4, 0.5) is 0 Å². The van der Waals surface area contributed by atoms with Crippen LogP contribution >= 0.6 is 0 Å². The first-order chi connectivity index (χ1) is 15.1. The number of nitrogens with zero attached hydrogens (tertiary/aromatic N) is 1. The largest absolute Gasteiger partial charge is 0.496 e. The topological polar surface area (TPSA) is 91.9 Å². The minimum absolute atomic E-state index is 0.0194. The second-order valence-electron chi connectivity index (χ2n) is 7.77. The van der Waals surface area contributed by atoms with Crippen LogP contribution in [0.25, 0.3) is 0 Å². The second kappa shape index (κ2) is 9.91. The van der Waals surface area contributed by atoms with Crippen molar-refractivity contribution in [2.24, 2.45) is 0 Å². The summed E-state index contributed by atoms with van der Waals surface area (Å²) in [6.45, 7) is 1.00. The second-order valence-corrected chi connectivity index (χ2v) is 7.77. The fourth-order valence-electron chi connectivity index (χ4n) is 4.08. The van der Waals surface area contributed by atoms with Crippen molar-refractivity contribution in [2.75, 3.05) is 26.9 Å². The van der Waals surface area contributed by atoms with E-state index in [9.17, 15) is 9.59 Å². The molecule has 0 spiro atoms. The number of para-hydroxylation sites is 1. The summed E-state index contributed by atoms with van der Waals surface area (Å²) >= 11 is 0. The molecule has 0 saturated carbocycles. The number of amides is 2. The highest BCUT2D eigenvalue weighted by atomic mass is 16.5. The van der Waals surface area contributed by atoms with Gasteiger partial charge in [-0.1, -0.05) is 42.5 Å². The molecule has 0 radical (unpaired) electrons. The minimum Gasteiger partial charge on any atom is -0.496 e. The van der Waals surface area contributed by atoms with Gasteiger partial charge < -0.3 is 19.7 Å². The first-order valence-corrected chi connectivity index (χ1v) is 10.5. The molecule has 0 bridgehead atoms. The van der Waals surface area contributed by atoms with E-state index in [2.05, 4.69) is 22.2 Å². The molecule has 3 N–H and O–H groups in total. The number of hydrazine groups is 1. The molecule has 0 aliphatic carbocycles. The first-order valence-electron chi connectivity index (χ1n) is 10.5. The van der Waals surface area contributed by atoms with E-state index in [1.54, 1.807) is 12.0 Å². The lowest BCUT2D eigenvalue weighted by Crippen LogP contribution is -2.45. The van der Waals surface area contributed by atoms with Crippen molar-refractivity contribution in [1.29, 1.82) is 0 Å². The van der Waals surface area contributed by atoms with Gasteiger partial charge in [-0.15, -0.1) is 0 Å². The monoisotopic (exact) mass is 424 g/mol. The molecule has 2 amide bonds. The lowest BCUT2D eigenvalue weighted by Gasteiger charge is -2.28. The van der Waals surface area contributed by atoms with Crippen molar-refractivity contribution in [2.45, 2.75) is 31.6 Å². The Morgan fingerprint density at radius 3 is 2.68 bits per heavy atom. The molecule has 1 fully saturated rings. The van der Waals surface area contributed by atoms with E-state index in [4.69, 9.17) is 9.47 Å². The Labute approximate surface area is 181 Å². The average Bonchev–Trinajstić information content (AvgIpc) is 3.26. The number of fused-ring (bicyclic) bond motifs is 1. The highest BCUT2D eigenvalue weighted by Gasteiger charge is 2.28. The normalized spacial score (nSPS) is 20.2. The number of hydrogen-bond donors (Lipinski definition) is 3. The van der Waals surface area contributed by atoms with Gasteiger partial charge in [-0.3, -0.25) is 9.59 Å². The van der Waals surface area contributed by atoms with Gasteiger partial charge in [-0.25, -0.2) is 10.9 Å². The molecule has 2 aromatic carbocycles. The van der Waals surface area contributed by atoms with Crippen LogP contribution in [0.1, 0.15) is 29.2 Å². The highest BCUT2D eigenvalue weighted by Crippen LogP contribution is 2.29. The van der Waals surface area contributed by atoms with E-state index in [-0.39, 0.29) is 37.2 Å². The molecular formula is C23H28N4O4. The van der Waals surface area contributed by atoms with Gasteiger partial charge in [-0.05, 0) is 23.6 Å². The third-order valence-corrected chi connectivity index (χ3v) is 5.69. The number of hydrogen-bond acceptors (Lipinski definition) is 6. The molecule has 2 atom stereocenters. The van der Waals surface area contributed by atoms with Crippen molar-refractivity contribution in [1.82, 2.24) is 21.1 Å². The zero-order valence-corrected chi connectivity index (χ0v) is 17.6. The van der Waals surface area contributed by atoms with Crippen molar-refractivity contribution >= 4 is 11.8 Å². The molecule has 2 unspecified atom stereocenters. The molecule has 2 aliphatic heterocycles. The standard InChI is InChI=1S/C23H28N4O4/c1-30-20-9-5-4-8-18(20)19-12-21(26-25-19)24-22(28)14-31-15-23(29)27-11-10-16-6-2-3-7-17(16)13-27/h2-9,19,21,25-26H,10-15H2,1H3,(H,24,28). The molecule has 8 heteroatoms. The molecule has 4 rings (SSSR count). The van der Waals surface area contributed by atoms with Gasteiger partial charge in [0.15, 0.2) is 0 Å². The maximum absolute atomic E-state index is 12.4. The number of ether oxygens (including phenoxy) is 2. The van der Waals surface area contributed by atoms with E-state index in [0.717, 1.165) is 17.7 Å². The van der Waals surface area contributed by atoms with E-state index in [0.29, 0.717) is 19.5 Å². The molecular weight excluding hydrogens is 396 g/mol. The smallest absolute Gasteiger partial charge is 0.248 e. The van der Waals surface area contributed by atoms with E-state index < -0.39 is 0 Å². The molecule has 31 heavy (non-hydrogen) atoms. The van der Waals surface area contributed by atoms with Gasteiger partial charge in [0, 0.05) is 25.1 Å². The minimum atomic E-state index is -0.267. The fourth-order valence-corrected chi connectivity index (χ4v) is 4.08. The maximum Gasteiger partial charge on any atom is 0.248 e. The zero-order valence-electron chi connectivity index (χ0n) is 17.6. The van der Waals surface area contributed by atoms with Crippen LogP contribution < -0.4 is 20.9 Å². The third kappa shape index (κ3) is 5.22. The van der Waals surface area contributed by atoms with Gasteiger partial charge in [0.1, 0.15) is 19.0 Å². The molecule has 164 valence electrons. The first kappa shape index (κ1) is 21.3. The Kier molecular flexibility index (Phi) is 6.81. The average molecular weight is 425 g/mol. The van der Waals surface area contributed by atoms with Crippen LogP contribution in [0.15, 0.2) is 48.5 Å². The molecule has 2 aromatic rings. The Morgan fingerprint density at radius 1 is 1.06 bits per heavy atom. The van der Waals surface area contributed by atoms with Crippen LogP contribution in [0.5, 0.6) is 5.75 Å². The fraction of sp³-hybridized carbons (Fsp3) is 0.391. The van der Waals surface area contributed by atoms with E-state index in [1.165, 1.54) is 11.1 Å². The maximum atomic E-state index is 12.4. The third-order valence-electron chi connectivity index (χ3n) is 5.69. The molecule has 2 aliphatic rings. The van der Waals surface area contributed by atoms with Gasteiger partial charge in [-0.2, -0.15) is 0 Å². The van der Waals surface area contributed by atoms with Crippen LogP contribution in [-0.4, -0.2) is 49.7 Å². The van der Waals surface area contributed by atoms with Gasteiger partial charge in [0.25, 0.3) is 0 Å². The number of nitrogens with one attached hydrogen (secondary N) is 3. The summed E-state index contributed by atoms with van der Waals surface area (Å²) < 4.78 is 10.8. The van der Waals surface area contributed by atoms with Gasteiger partial charge >= 0.3 is 0 Å². The van der Waals surface area contributed by atoms with E-state index >= 15 is 0 Å². The molecule has 8 nitrogen and oxygen atoms in total. The number of carbonyl (C=O) groups is 2. The van der Waals surface area contributed by atoms with Crippen LogP contribution in [0.2, 0.25) is 0 Å².